The van der Waals surface area contributed by atoms with E-state index in [1.165, 1.54) is 12.3 Å². The van der Waals surface area contributed by atoms with Gasteiger partial charge in [0.05, 0.1) is 17.9 Å². The Morgan fingerprint density at radius 3 is 3.00 bits per heavy atom. The van der Waals surface area contributed by atoms with Gasteiger partial charge in [-0.15, -0.1) is 0 Å². The third-order valence-electron chi connectivity index (χ3n) is 1.90. The van der Waals surface area contributed by atoms with E-state index in [-0.39, 0.29) is 12.2 Å². The minimum Gasteiger partial charge on any atom is -0.506 e. The summed E-state index contributed by atoms with van der Waals surface area (Å²) >= 11 is 0. The van der Waals surface area contributed by atoms with E-state index in [0.29, 0.717) is 5.82 Å². The molecule has 14 heavy (non-hydrogen) atoms. The molecule has 0 aromatic carbocycles. The van der Waals surface area contributed by atoms with Crippen molar-refractivity contribution in [2.45, 2.75) is 6.42 Å². The number of hydrogen-bond donors (Lipinski definition) is 2. The molecule has 72 valence electrons. The number of aromatic hydroxyl groups is 1. The van der Waals surface area contributed by atoms with Gasteiger partial charge in [0, 0.05) is 0 Å². The highest BCUT2D eigenvalue weighted by Gasteiger charge is 2.07. The highest BCUT2D eigenvalue weighted by molar-refractivity contribution is 5.69. The summed E-state index contributed by atoms with van der Waals surface area (Å²) in [5.74, 6) is -0.452. The minimum atomic E-state index is -0.944. The number of fused-ring (bicyclic) bond motifs is 1. The number of aliphatic carboxylic acids is 1. The molecule has 0 aliphatic heterocycles. The van der Waals surface area contributed by atoms with Gasteiger partial charge in [-0.3, -0.25) is 9.20 Å². The van der Waals surface area contributed by atoms with Crippen molar-refractivity contribution in [2.24, 2.45) is 0 Å². The fraction of sp³-hybridized carbons (Fsp3) is 0.111. The lowest BCUT2D eigenvalue weighted by atomic mass is 10.4. The fourth-order valence-corrected chi connectivity index (χ4v) is 1.30. The lowest BCUT2D eigenvalue weighted by Crippen LogP contribution is -2.04. The summed E-state index contributed by atoms with van der Waals surface area (Å²) < 4.78 is 1.56. The first kappa shape index (κ1) is 8.55. The zero-order valence-corrected chi connectivity index (χ0v) is 7.21. The maximum Gasteiger partial charge on any atom is 0.311 e. The van der Waals surface area contributed by atoms with Gasteiger partial charge in [0.2, 0.25) is 0 Å². The van der Waals surface area contributed by atoms with Gasteiger partial charge in [-0.2, -0.15) is 0 Å². The van der Waals surface area contributed by atoms with Crippen molar-refractivity contribution in [2.75, 3.05) is 0 Å². The zero-order chi connectivity index (χ0) is 10.1. The summed E-state index contributed by atoms with van der Waals surface area (Å²) in [6.45, 7) is 0. The standard InChI is InChI=1S/C9H8N2O3/c12-7-2-1-6-4-10-8(3-9(13)14)11(6)5-7/h1-2,4-5,12H,3H2,(H,13,14). The second kappa shape index (κ2) is 3.02. The van der Waals surface area contributed by atoms with Crippen LogP contribution in [0.5, 0.6) is 5.75 Å². The third-order valence-corrected chi connectivity index (χ3v) is 1.90. The zero-order valence-electron chi connectivity index (χ0n) is 7.21. The highest BCUT2D eigenvalue weighted by Crippen LogP contribution is 2.13. The molecule has 0 atom stereocenters. The van der Waals surface area contributed by atoms with E-state index in [2.05, 4.69) is 4.98 Å². The van der Waals surface area contributed by atoms with Crippen molar-refractivity contribution in [3.05, 3.63) is 30.4 Å². The van der Waals surface area contributed by atoms with Crippen molar-refractivity contribution in [3.8, 4) is 5.75 Å². The summed E-state index contributed by atoms with van der Waals surface area (Å²) in [7, 11) is 0. The van der Waals surface area contributed by atoms with Crippen molar-refractivity contribution in [1.29, 1.82) is 0 Å². The van der Waals surface area contributed by atoms with Gasteiger partial charge in [-0.05, 0) is 12.1 Å². The molecule has 2 aromatic rings. The van der Waals surface area contributed by atoms with Crippen LogP contribution in [0.4, 0.5) is 0 Å². The van der Waals surface area contributed by atoms with E-state index in [9.17, 15) is 9.90 Å². The molecule has 0 spiro atoms. The van der Waals surface area contributed by atoms with Gasteiger partial charge >= 0.3 is 5.97 Å². The van der Waals surface area contributed by atoms with Crippen LogP contribution in [0.25, 0.3) is 5.52 Å². The summed E-state index contributed by atoms with van der Waals surface area (Å²) in [5, 5.41) is 17.8. The lowest BCUT2D eigenvalue weighted by Gasteiger charge is -1.98. The van der Waals surface area contributed by atoms with Crippen LogP contribution in [-0.2, 0) is 11.2 Å². The second-order valence-electron chi connectivity index (χ2n) is 2.93. The van der Waals surface area contributed by atoms with Crippen LogP contribution >= 0.6 is 0 Å². The Kier molecular flexibility index (Phi) is 1.85. The number of aromatic nitrogens is 2. The molecule has 0 amide bonds. The van der Waals surface area contributed by atoms with Crippen molar-refractivity contribution in [3.63, 3.8) is 0 Å². The van der Waals surface area contributed by atoms with E-state index >= 15 is 0 Å². The van der Waals surface area contributed by atoms with Gasteiger partial charge in [-0.1, -0.05) is 0 Å². The molecule has 2 aromatic heterocycles. The molecule has 0 saturated carbocycles. The summed E-state index contributed by atoms with van der Waals surface area (Å²) in [6, 6.07) is 3.20. The predicted molar refractivity (Wildman–Crippen MR) is 48.2 cm³/mol. The summed E-state index contributed by atoms with van der Waals surface area (Å²) in [5.41, 5.74) is 0.763. The lowest BCUT2D eigenvalue weighted by molar-refractivity contribution is -0.136. The molecule has 5 nitrogen and oxygen atoms in total. The first-order valence-electron chi connectivity index (χ1n) is 4.03. The molecule has 0 saturated heterocycles. The van der Waals surface area contributed by atoms with E-state index in [1.807, 2.05) is 0 Å². The van der Waals surface area contributed by atoms with Gasteiger partial charge in [0.15, 0.2) is 0 Å². The number of hydrogen-bond acceptors (Lipinski definition) is 3. The summed E-state index contributed by atoms with van der Waals surface area (Å²) in [4.78, 5) is 14.4. The van der Waals surface area contributed by atoms with Crippen LogP contribution in [0, 0.1) is 0 Å². The first-order chi connectivity index (χ1) is 6.66. The number of rotatable bonds is 2. The van der Waals surface area contributed by atoms with Crippen molar-refractivity contribution >= 4 is 11.5 Å². The van der Waals surface area contributed by atoms with Gasteiger partial charge in [0.25, 0.3) is 0 Å². The molecule has 0 bridgehead atoms. The van der Waals surface area contributed by atoms with Crippen LogP contribution in [0.2, 0.25) is 0 Å². The van der Waals surface area contributed by atoms with Crippen LogP contribution in [0.1, 0.15) is 5.82 Å². The number of carboxylic acid groups (broad SMARTS) is 1. The Balaban J connectivity index is 2.55. The van der Waals surface area contributed by atoms with E-state index in [1.54, 1.807) is 16.7 Å². The van der Waals surface area contributed by atoms with Crippen LogP contribution in [0.15, 0.2) is 24.5 Å². The number of carbonyl (C=O) groups is 1. The largest absolute Gasteiger partial charge is 0.506 e. The van der Waals surface area contributed by atoms with Crippen LogP contribution in [-0.4, -0.2) is 25.6 Å². The Labute approximate surface area is 79.2 Å². The molecule has 0 radical (unpaired) electrons. The molecular weight excluding hydrogens is 184 g/mol. The Morgan fingerprint density at radius 2 is 2.29 bits per heavy atom. The van der Waals surface area contributed by atoms with Crippen LogP contribution in [0.3, 0.4) is 0 Å². The molecule has 0 fully saturated rings. The molecule has 2 N–H and O–H groups in total. The first-order valence-corrected chi connectivity index (χ1v) is 4.03. The number of carboxylic acids is 1. The molecule has 0 aliphatic carbocycles. The average Bonchev–Trinajstić information content (AvgIpc) is 2.47. The molecule has 2 rings (SSSR count). The van der Waals surface area contributed by atoms with E-state index in [4.69, 9.17) is 5.11 Å². The normalized spacial score (nSPS) is 10.6. The maximum absolute atomic E-state index is 10.5. The van der Waals surface area contributed by atoms with E-state index < -0.39 is 5.97 Å². The Hall–Kier alpha value is -2.04. The van der Waals surface area contributed by atoms with Gasteiger partial charge in [0.1, 0.15) is 18.0 Å². The van der Waals surface area contributed by atoms with Crippen molar-refractivity contribution in [1.82, 2.24) is 9.38 Å². The second-order valence-corrected chi connectivity index (χ2v) is 2.93. The highest BCUT2D eigenvalue weighted by atomic mass is 16.4. The van der Waals surface area contributed by atoms with Gasteiger partial charge < -0.3 is 10.2 Å². The Morgan fingerprint density at radius 1 is 1.50 bits per heavy atom. The molecule has 2 heterocycles. The SMILES string of the molecule is O=C(O)Cc1ncc2ccc(O)cn12. The topological polar surface area (TPSA) is 74.8 Å². The average molecular weight is 192 g/mol. The van der Waals surface area contributed by atoms with Crippen LogP contribution < -0.4 is 0 Å². The third kappa shape index (κ3) is 1.39. The van der Waals surface area contributed by atoms with Crippen molar-refractivity contribution < 1.29 is 15.0 Å². The van der Waals surface area contributed by atoms with E-state index in [0.717, 1.165) is 5.52 Å². The minimum absolute atomic E-state index is 0.0853. The molecule has 5 heteroatoms. The number of imidazole rings is 1. The summed E-state index contributed by atoms with van der Waals surface area (Å²) in [6.07, 6.45) is 2.86. The number of pyridine rings is 1. The van der Waals surface area contributed by atoms with Gasteiger partial charge in [-0.25, -0.2) is 4.98 Å². The maximum atomic E-state index is 10.5. The Bertz CT molecular complexity index is 490. The molecule has 0 unspecified atom stereocenters. The molecular formula is C9H8N2O3. The smallest absolute Gasteiger partial charge is 0.311 e. The monoisotopic (exact) mass is 192 g/mol. The molecule has 0 aliphatic rings. The fourth-order valence-electron chi connectivity index (χ4n) is 1.30. The quantitative estimate of drug-likeness (QED) is 0.733. The number of nitrogens with zero attached hydrogens (tertiary/aromatic N) is 2. The predicted octanol–water partition coefficient (Wildman–Crippen LogP) is 0.667.